The summed E-state index contributed by atoms with van der Waals surface area (Å²) in [6.07, 6.45) is -0.126. The van der Waals surface area contributed by atoms with Crippen LogP contribution in [0.3, 0.4) is 0 Å². The van der Waals surface area contributed by atoms with Crippen LogP contribution in [0.1, 0.15) is 37.3 Å². The highest BCUT2D eigenvalue weighted by Crippen LogP contribution is 2.44. The van der Waals surface area contributed by atoms with Crippen molar-refractivity contribution in [2.75, 3.05) is 26.2 Å². The molecule has 0 saturated carbocycles. The molecule has 0 spiro atoms. The number of likely N-dealkylation sites (N-methyl/N-ethyl adjacent to an activating group) is 1. The Balaban J connectivity index is 1.49. The second-order valence-corrected chi connectivity index (χ2v) is 7.69. The van der Waals surface area contributed by atoms with E-state index in [-0.39, 0.29) is 31.5 Å². The largest absolute Gasteiger partial charge is 0.480 e. The number of ether oxygens (including phenoxy) is 1. The van der Waals surface area contributed by atoms with Crippen LogP contribution in [0, 0.1) is 5.92 Å². The van der Waals surface area contributed by atoms with Crippen LogP contribution in [-0.2, 0) is 14.3 Å². The third-order valence-corrected chi connectivity index (χ3v) is 5.63. The first-order valence-corrected chi connectivity index (χ1v) is 10.5. The molecule has 7 nitrogen and oxygen atoms in total. The van der Waals surface area contributed by atoms with E-state index < -0.39 is 18.0 Å². The maximum atomic E-state index is 12.3. The van der Waals surface area contributed by atoms with Gasteiger partial charge in [-0.05, 0) is 35.6 Å². The van der Waals surface area contributed by atoms with Gasteiger partial charge in [0.05, 0.1) is 0 Å². The van der Waals surface area contributed by atoms with Gasteiger partial charge in [-0.2, -0.15) is 0 Å². The predicted molar refractivity (Wildman–Crippen MR) is 117 cm³/mol. The first-order chi connectivity index (χ1) is 14.9. The number of nitrogens with one attached hydrogen (secondary N) is 1. The van der Waals surface area contributed by atoms with E-state index in [9.17, 15) is 14.4 Å². The van der Waals surface area contributed by atoms with E-state index >= 15 is 0 Å². The van der Waals surface area contributed by atoms with E-state index in [1.165, 1.54) is 16.0 Å². The van der Waals surface area contributed by atoms with E-state index in [1.54, 1.807) is 13.8 Å². The monoisotopic (exact) mass is 424 g/mol. The lowest BCUT2D eigenvalue weighted by molar-refractivity contribution is -0.146. The molecule has 0 saturated heterocycles. The fraction of sp³-hybridized carbons (Fsp3) is 0.375. The molecule has 0 fully saturated rings. The first kappa shape index (κ1) is 22.3. The molecular formula is C24H28N2O5. The second kappa shape index (κ2) is 10.1. The molecule has 1 atom stereocenters. The summed E-state index contributed by atoms with van der Waals surface area (Å²) in [6.45, 7) is 3.98. The Bertz CT molecular complexity index is 913. The summed E-state index contributed by atoms with van der Waals surface area (Å²) >= 11 is 0. The highest BCUT2D eigenvalue weighted by atomic mass is 16.5. The smallest absolute Gasteiger partial charge is 0.407 e. The lowest BCUT2D eigenvalue weighted by atomic mass is 9.98. The zero-order valence-corrected chi connectivity index (χ0v) is 17.8. The molecule has 2 amide bonds. The van der Waals surface area contributed by atoms with Crippen LogP contribution in [0.2, 0.25) is 0 Å². The summed E-state index contributed by atoms with van der Waals surface area (Å²) in [7, 11) is 0. The van der Waals surface area contributed by atoms with E-state index in [0.717, 1.165) is 11.1 Å². The van der Waals surface area contributed by atoms with Gasteiger partial charge in [0.15, 0.2) is 0 Å². The molecule has 2 aromatic rings. The summed E-state index contributed by atoms with van der Waals surface area (Å²) < 4.78 is 5.48. The molecule has 0 aliphatic heterocycles. The van der Waals surface area contributed by atoms with Crippen molar-refractivity contribution in [3.63, 3.8) is 0 Å². The van der Waals surface area contributed by atoms with Crippen LogP contribution in [0.4, 0.5) is 4.79 Å². The van der Waals surface area contributed by atoms with E-state index in [1.807, 2.05) is 24.3 Å². The van der Waals surface area contributed by atoms with Crippen molar-refractivity contribution in [3.8, 4) is 11.1 Å². The summed E-state index contributed by atoms with van der Waals surface area (Å²) in [4.78, 5) is 36.7. The van der Waals surface area contributed by atoms with Crippen molar-refractivity contribution in [1.82, 2.24) is 10.2 Å². The van der Waals surface area contributed by atoms with Gasteiger partial charge in [-0.1, -0.05) is 55.5 Å². The van der Waals surface area contributed by atoms with Crippen LogP contribution in [-0.4, -0.2) is 54.2 Å². The molecule has 7 heteroatoms. The molecule has 1 unspecified atom stereocenters. The van der Waals surface area contributed by atoms with Gasteiger partial charge in [-0.25, -0.2) is 4.79 Å². The topological polar surface area (TPSA) is 95.9 Å². The standard InChI is InChI=1S/C24H28N2O5/c1-3-26(14-22(27)28)23(29)16(2)12-13-25-24(30)31-15-21-19-10-6-4-8-17(19)18-9-5-7-11-20(18)21/h4-11,16,21H,3,12-15H2,1-2H3,(H,25,30)(H,27,28). The first-order valence-electron chi connectivity index (χ1n) is 10.5. The van der Waals surface area contributed by atoms with Gasteiger partial charge >= 0.3 is 12.1 Å². The zero-order valence-electron chi connectivity index (χ0n) is 17.8. The van der Waals surface area contributed by atoms with Gasteiger partial charge in [-0.3, -0.25) is 9.59 Å². The van der Waals surface area contributed by atoms with E-state index in [4.69, 9.17) is 9.84 Å². The fourth-order valence-electron chi connectivity index (χ4n) is 3.98. The van der Waals surface area contributed by atoms with Crippen LogP contribution in [0.5, 0.6) is 0 Å². The minimum absolute atomic E-state index is 0.00668. The van der Waals surface area contributed by atoms with Crippen LogP contribution in [0.15, 0.2) is 48.5 Å². The van der Waals surface area contributed by atoms with Crippen molar-refractivity contribution in [2.45, 2.75) is 26.2 Å². The predicted octanol–water partition coefficient (Wildman–Crippen LogP) is 3.48. The minimum atomic E-state index is -1.04. The number of hydrogen-bond donors (Lipinski definition) is 2. The Kier molecular flexibility index (Phi) is 7.28. The quantitative estimate of drug-likeness (QED) is 0.642. The molecule has 2 aromatic carbocycles. The molecule has 1 aliphatic rings. The lowest BCUT2D eigenvalue weighted by Gasteiger charge is -2.22. The van der Waals surface area contributed by atoms with Crippen molar-refractivity contribution in [3.05, 3.63) is 59.7 Å². The van der Waals surface area contributed by atoms with Crippen molar-refractivity contribution < 1.29 is 24.2 Å². The Morgan fingerprint density at radius 2 is 1.65 bits per heavy atom. The number of carboxylic acids is 1. The molecule has 31 heavy (non-hydrogen) atoms. The molecule has 0 bridgehead atoms. The molecule has 0 heterocycles. The number of alkyl carbamates (subject to hydrolysis) is 1. The van der Waals surface area contributed by atoms with Gasteiger partial charge in [0, 0.05) is 24.9 Å². The van der Waals surface area contributed by atoms with Crippen LogP contribution >= 0.6 is 0 Å². The van der Waals surface area contributed by atoms with E-state index in [2.05, 4.69) is 29.6 Å². The summed E-state index contributed by atoms with van der Waals surface area (Å²) in [6, 6.07) is 16.3. The molecule has 0 radical (unpaired) electrons. The Hall–Kier alpha value is -3.35. The SMILES string of the molecule is CCN(CC(=O)O)C(=O)C(C)CCNC(=O)OCC1c2ccccc2-c2ccccc21. The summed E-state index contributed by atoms with van der Waals surface area (Å²) in [5.74, 6) is -1.68. The maximum Gasteiger partial charge on any atom is 0.407 e. The maximum absolute atomic E-state index is 12.3. The molecular weight excluding hydrogens is 396 g/mol. The number of hydrogen-bond acceptors (Lipinski definition) is 4. The van der Waals surface area contributed by atoms with Gasteiger partial charge in [0.2, 0.25) is 5.91 Å². The van der Waals surface area contributed by atoms with Gasteiger partial charge in [-0.15, -0.1) is 0 Å². The lowest BCUT2D eigenvalue weighted by Crippen LogP contribution is -2.39. The van der Waals surface area contributed by atoms with E-state index in [0.29, 0.717) is 13.0 Å². The van der Waals surface area contributed by atoms with Gasteiger partial charge in [0.25, 0.3) is 0 Å². The third kappa shape index (κ3) is 5.23. The Morgan fingerprint density at radius 1 is 1.06 bits per heavy atom. The van der Waals surface area contributed by atoms with Crippen molar-refractivity contribution >= 4 is 18.0 Å². The Morgan fingerprint density at radius 3 is 2.19 bits per heavy atom. The average Bonchev–Trinajstić information content (AvgIpc) is 3.09. The van der Waals surface area contributed by atoms with Crippen LogP contribution < -0.4 is 5.32 Å². The number of fused-ring (bicyclic) bond motifs is 3. The van der Waals surface area contributed by atoms with Gasteiger partial charge < -0.3 is 20.1 Å². The number of carbonyl (C=O) groups is 3. The molecule has 2 N–H and O–H groups in total. The van der Waals surface area contributed by atoms with Crippen LogP contribution in [0.25, 0.3) is 11.1 Å². The number of nitrogens with zero attached hydrogens (tertiary/aromatic N) is 1. The third-order valence-electron chi connectivity index (χ3n) is 5.63. The normalized spacial score (nSPS) is 13.1. The fourth-order valence-corrected chi connectivity index (χ4v) is 3.98. The number of amides is 2. The highest BCUT2D eigenvalue weighted by Gasteiger charge is 2.29. The average molecular weight is 424 g/mol. The van der Waals surface area contributed by atoms with Crippen molar-refractivity contribution in [2.24, 2.45) is 5.92 Å². The minimum Gasteiger partial charge on any atom is -0.480 e. The number of benzene rings is 2. The second-order valence-electron chi connectivity index (χ2n) is 7.69. The van der Waals surface area contributed by atoms with Gasteiger partial charge in [0.1, 0.15) is 13.2 Å². The number of aliphatic carboxylic acids is 1. The molecule has 0 aromatic heterocycles. The Labute approximate surface area is 182 Å². The highest BCUT2D eigenvalue weighted by molar-refractivity contribution is 5.83. The van der Waals surface area contributed by atoms with Crippen molar-refractivity contribution in [1.29, 1.82) is 0 Å². The number of carbonyl (C=O) groups excluding carboxylic acids is 2. The summed E-state index contributed by atoms with van der Waals surface area (Å²) in [5.41, 5.74) is 4.63. The number of carboxylic acid groups (broad SMARTS) is 1. The number of rotatable bonds is 9. The molecule has 164 valence electrons. The molecule has 1 aliphatic carbocycles. The zero-order chi connectivity index (χ0) is 22.4. The molecule has 3 rings (SSSR count). The summed E-state index contributed by atoms with van der Waals surface area (Å²) in [5, 5.41) is 11.6.